The molecule has 0 N–H and O–H groups in total. The molecule has 0 radical (unpaired) electrons. The molecule has 4 rings (SSSR count). The molecule has 4 heterocycles. The predicted molar refractivity (Wildman–Crippen MR) is 116 cm³/mol. The highest BCUT2D eigenvalue weighted by molar-refractivity contribution is 7.10. The Bertz CT molecular complexity index is 681. The molecule has 0 saturated carbocycles. The van der Waals surface area contributed by atoms with Crippen LogP contribution >= 0.6 is 11.3 Å². The molecule has 1 aromatic rings. The molecular formula is C22H33N5OS. The fourth-order valence-electron chi connectivity index (χ4n) is 5.02. The molecule has 1 aromatic heterocycles. The van der Waals surface area contributed by atoms with Gasteiger partial charge in [-0.15, -0.1) is 11.3 Å². The van der Waals surface area contributed by atoms with Gasteiger partial charge in [0.2, 0.25) is 5.91 Å². The number of hydrogen-bond donors (Lipinski definition) is 0. The van der Waals surface area contributed by atoms with Crippen LogP contribution in [-0.2, 0) is 4.79 Å². The molecular weight excluding hydrogens is 382 g/mol. The number of nitrogens with zero attached hydrogens (tertiary/aromatic N) is 5. The van der Waals surface area contributed by atoms with Gasteiger partial charge in [-0.25, -0.2) is 0 Å². The summed E-state index contributed by atoms with van der Waals surface area (Å²) in [5.74, 6) is 0.255. The van der Waals surface area contributed by atoms with Gasteiger partial charge in [0.15, 0.2) is 0 Å². The van der Waals surface area contributed by atoms with Gasteiger partial charge in [0, 0.05) is 50.2 Å². The molecule has 3 aliphatic rings. The molecule has 0 aliphatic carbocycles. The van der Waals surface area contributed by atoms with Gasteiger partial charge in [0.25, 0.3) is 0 Å². The molecule has 1 amide bonds. The zero-order valence-electron chi connectivity index (χ0n) is 17.3. The van der Waals surface area contributed by atoms with E-state index in [-0.39, 0.29) is 11.9 Å². The number of piperidine rings is 2. The summed E-state index contributed by atoms with van der Waals surface area (Å²) in [5.41, 5.74) is 0. The predicted octanol–water partition coefficient (Wildman–Crippen LogP) is 2.41. The number of rotatable bonds is 5. The van der Waals surface area contributed by atoms with Gasteiger partial charge in [-0.05, 0) is 50.2 Å². The van der Waals surface area contributed by atoms with E-state index >= 15 is 0 Å². The third kappa shape index (κ3) is 5.18. The van der Waals surface area contributed by atoms with Crippen molar-refractivity contribution in [2.45, 2.75) is 44.2 Å². The fourth-order valence-corrected chi connectivity index (χ4v) is 5.82. The Kier molecular flexibility index (Phi) is 7.20. The maximum absolute atomic E-state index is 12.8. The maximum Gasteiger partial charge on any atom is 0.236 e. The number of hydrogen-bond acceptors (Lipinski definition) is 6. The highest BCUT2D eigenvalue weighted by Crippen LogP contribution is 2.26. The lowest BCUT2D eigenvalue weighted by molar-refractivity contribution is -0.134. The average Bonchev–Trinajstić information content (AvgIpc) is 3.30. The van der Waals surface area contributed by atoms with E-state index in [9.17, 15) is 10.1 Å². The number of likely N-dealkylation sites (tertiary alicyclic amines) is 2. The van der Waals surface area contributed by atoms with Crippen molar-refractivity contribution in [2.75, 3.05) is 58.9 Å². The van der Waals surface area contributed by atoms with Crippen molar-refractivity contribution >= 4 is 17.2 Å². The Morgan fingerprint density at radius 2 is 1.79 bits per heavy atom. The van der Waals surface area contributed by atoms with Gasteiger partial charge in [-0.3, -0.25) is 14.6 Å². The molecule has 3 fully saturated rings. The first-order valence-electron chi connectivity index (χ1n) is 11.2. The van der Waals surface area contributed by atoms with E-state index in [1.165, 1.54) is 45.2 Å². The summed E-state index contributed by atoms with van der Waals surface area (Å²) in [5, 5.41) is 11.6. The van der Waals surface area contributed by atoms with Crippen LogP contribution in [0.5, 0.6) is 0 Å². The summed E-state index contributed by atoms with van der Waals surface area (Å²) in [4.78, 5) is 23.1. The molecule has 3 aliphatic heterocycles. The standard InChI is InChI=1S/C22H33N5OS/c23-17-20(21-5-4-16-29-21)26-12-14-27(15-13-26)22(28)18-24-10-6-19(7-11-24)25-8-2-1-3-9-25/h4-5,16,19-20H,1-3,6-15,18H2/t20-/m1/s1. The van der Waals surface area contributed by atoms with Crippen molar-refractivity contribution in [1.82, 2.24) is 19.6 Å². The van der Waals surface area contributed by atoms with Crippen LogP contribution in [0.4, 0.5) is 0 Å². The topological polar surface area (TPSA) is 53.8 Å². The molecule has 0 bridgehead atoms. The Labute approximate surface area is 178 Å². The lowest BCUT2D eigenvalue weighted by atomic mass is 10.00. The van der Waals surface area contributed by atoms with E-state index in [4.69, 9.17) is 0 Å². The van der Waals surface area contributed by atoms with Crippen LogP contribution in [0.25, 0.3) is 0 Å². The van der Waals surface area contributed by atoms with Crippen LogP contribution in [0.2, 0.25) is 0 Å². The van der Waals surface area contributed by atoms with Crippen molar-refractivity contribution in [3.63, 3.8) is 0 Å². The number of carbonyl (C=O) groups is 1. The van der Waals surface area contributed by atoms with Gasteiger partial charge in [-0.2, -0.15) is 5.26 Å². The Morgan fingerprint density at radius 1 is 1.07 bits per heavy atom. The van der Waals surface area contributed by atoms with E-state index in [1.807, 2.05) is 22.4 Å². The van der Waals surface area contributed by atoms with Crippen molar-refractivity contribution in [3.8, 4) is 6.07 Å². The maximum atomic E-state index is 12.8. The van der Waals surface area contributed by atoms with Gasteiger partial charge < -0.3 is 9.80 Å². The zero-order chi connectivity index (χ0) is 20.1. The second-order valence-electron chi connectivity index (χ2n) is 8.57. The molecule has 3 saturated heterocycles. The second kappa shape index (κ2) is 10.0. The monoisotopic (exact) mass is 415 g/mol. The van der Waals surface area contributed by atoms with E-state index < -0.39 is 0 Å². The van der Waals surface area contributed by atoms with E-state index in [1.54, 1.807) is 11.3 Å². The molecule has 1 atom stereocenters. The van der Waals surface area contributed by atoms with Crippen molar-refractivity contribution in [1.29, 1.82) is 5.26 Å². The van der Waals surface area contributed by atoms with Gasteiger partial charge in [0.1, 0.15) is 6.04 Å². The van der Waals surface area contributed by atoms with Crippen LogP contribution in [0.3, 0.4) is 0 Å². The minimum Gasteiger partial charge on any atom is -0.339 e. The van der Waals surface area contributed by atoms with E-state index in [2.05, 4.69) is 20.8 Å². The number of piperazine rings is 1. The largest absolute Gasteiger partial charge is 0.339 e. The lowest BCUT2D eigenvalue weighted by Gasteiger charge is -2.41. The minimum atomic E-state index is -0.180. The Hall–Kier alpha value is -1.46. The third-order valence-electron chi connectivity index (χ3n) is 6.79. The average molecular weight is 416 g/mol. The molecule has 6 nitrogen and oxygen atoms in total. The summed E-state index contributed by atoms with van der Waals surface area (Å²) in [6.07, 6.45) is 6.49. The number of nitriles is 1. The summed E-state index contributed by atoms with van der Waals surface area (Å²) in [6.45, 7) is 8.19. The number of amides is 1. The first-order chi connectivity index (χ1) is 14.2. The summed E-state index contributed by atoms with van der Waals surface area (Å²) in [6, 6.07) is 7.01. The summed E-state index contributed by atoms with van der Waals surface area (Å²) in [7, 11) is 0. The second-order valence-corrected chi connectivity index (χ2v) is 9.55. The molecule has 158 valence electrons. The van der Waals surface area contributed by atoms with Crippen molar-refractivity contribution in [2.24, 2.45) is 0 Å². The first kappa shape index (κ1) is 20.8. The van der Waals surface area contributed by atoms with Crippen LogP contribution < -0.4 is 0 Å². The molecule has 0 spiro atoms. The van der Waals surface area contributed by atoms with Crippen LogP contribution in [0, 0.1) is 11.3 Å². The fraction of sp³-hybridized carbons (Fsp3) is 0.727. The Balaban J connectivity index is 1.20. The van der Waals surface area contributed by atoms with Crippen LogP contribution in [0.15, 0.2) is 17.5 Å². The SMILES string of the molecule is N#C[C@H](c1cccs1)N1CCN(C(=O)CN2CCC(N3CCCCC3)CC2)CC1. The zero-order valence-corrected chi connectivity index (χ0v) is 18.2. The van der Waals surface area contributed by atoms with Crippen LogP contribution in [-0.4, -0.2) is 90.5 Å². The lowest BCUT2D eigenvalue weighted by Crippen LogP contribution is -2.53. The van der Waals surface area contributed by atoms with Crippen molar-refractivity contribution < 1.29 is 4.79 Å². The van der Waals surface area contributed by atoms with E-state index in [0.717, 1.165) is 50.2 Å². The highest BCUT2D eigenvalue weighted by Gasteiger charge is 2.30. The quantitative estimate of drug-likeness (QED) is 0.739. The van der Waals surface area contributed by atoms with Crippen molar-refractivity contribution in [3.05, 3.63) is 22.4 Å². The summed E-state index contributed by atoms with van der Waals surface area (Å²) >= 11 is 1.64. The summed E-state index contributed by atoms with van der Waals surface area (Å²) < 4.78 is 0. The van der Waals surface area contributed by atoms with Gasteiger partial charge >= 0.3 is 0 Å². The first-order valence-corrected chi connectivity index (χ1v) is 12.0. The smallest absolute Gasteiger partial charge is 0.236 e. The normalized spacial score (nSPS) is 24.3. The molecule has 0 aromatic carbocycles. The molecule has 0 unspecified atom stereocenters. The number of thiophene rings is 1. The van der Waals surface area contributed by atoms with Gasteiger partial charge in [-0.1, -0.05) is 12.5 Å². The highest BCUT2D eigenvalue weighted by atomic mass is 32.1. The van der Waals surface area contributed by atoms with Crippen LogP contribution in [0.1, 0.15) is 43.0 Å². The Morgan fingerprint density at radius 3 is 2.41 bits per heavy atom. The van der Waals surface area contributed by atoms with Gasteiger partial charge in [0.05, 0.1) is 12.6 Å². The molecule has 7 heteroatoms. The minimum absolute atomic E-state index is 0.180. The third-order valence-corrected chi connectivity index (χ3v) is 7.71. The number of carbonyl (C=O) groups excluding carboxylic acids is 1. The molecule has 29 heavy (non-hydrogen) atoms. The van der Waals surface area contributed by atoms with E-state index in [0.29, 0.717) is 6.54 Å².